The lowest BCUT2D eigenvalue weighted by molar-refractivity contribution is -0.233. The van der Waals surface area contributed by atoms with Gasteiger partial charge in [0.25, 0.3) is 0 Å². The van der Waals surface area contributed by atoms with Crippen LogP contribution in [0, 0.1) is 11.8 Å². The van der Waals surface area contributed by atoms with E-state index < -0.39 is 18.2 Å². The van der Waals surface area contributed by atoms with Crippen LogP contribution in [0.1, 0.15) is 40.5 Å². The third-order valence-corrected chi connectivity index (χ3v) is 2.15. The standard InChI is InChI=1S/C11H21F3O/c1-8(2)6-5-7-15-10(9(3)4)11(12,13)14/h8-10H,5-7H2,1-4H3/t10-/m0/s1. The third kappa shape index (κ3) is 6.77. The molecule has 0 spiro atoms. The van der Waals surface area contributed by atoms with Gasteiger partial charge in [-0.15, -0.1) is 0 Å². The Morgan fingerprint density at radius 3 is 1.93 bits per heavy atom. The summed E-state index contributed by atoms with van der Waals surface area (Å²) in [6.07, 6.45) is -4.27. The van der Waals surface area contributed by atoms with Gasteiger partial charge in [0, 0.05) is 6.61 Å². The number of alkyl halides is 3. The first-order chi connectivity index (χ1) is 6.75. The van der Waals surface area contributed by atoms with Gasteiger partial charge in [-0.3, -0.25) is 0 Å². The molecule has 0 N–H and O–H groups in total. The fraction of sp³-hybridized carbons (Fsp3) is 1.00. The molecule has 0 aromatic carbocycles. The zero-order valence-corrected chi connectivity index (χ0v) is 9.90. The molecule has 0 amide bonds. The van der Waals surface area contributed by atoms with Crippen LogP contribution in [0.5, 0.6) is 0 Å². The Bertz CT molecular complexity index is 164. The van der Waals surface area contributed by atoms with Crippen molar-refractivity contribution in [3.05, 3.63) is 0 Å². The molecular weight excluding hydrogens is 205 g/mol. The molecular formula is C11H21F3O. The SMILES string of the molecule is CC(C)CCCO[C@@H](C(C)C)C(F)(F)F. The second-order valence-electron chi connectivity index (χ2n) is 4.61. The van der Waals surface area contributed by atoms with E-state index in [2.05, 4.69) is 0 Å². The summed E-state index contributed by atoms with van der Waals surface area (Å²) < 4.78 is 42.2. The lowest BCUT2D eigenvalue weighted by atomic mass is 10.1. The molecule has 0 bridgehead atoms. The Morgan fingerprint density at radius 1 is 1.07 bits per heavy atom. The molecule has 4 heteroatoms. The van der Waals surface area contributed by atoms with Gasteiger partial charge in [0.15, 0.2) is 6.10 Å². The number of hydrogen-bond donors (Lipinski definition) is 0. The van der Waals surface area contributed by atoms with Crippen LogP contribution in [-0.4, -0.2) is 18.9 Å². The highest BCUT2D eigenvalue weighted by atomic mass is 19.4. The van der Waals surface area contributed by atoms with Crippen molar-refractivity contribution >= 4 is 0 Å². The van der Waals surface area contributed by atoms with Gasteiger partial charge in [-0.05, 0) is 24.7 Å². The molecule has 0 fully saturated rings. The molecule has 1 atom stereocenters. The molecule has 0 aliphatic carbocycles. The van der Waals surface area contributed by atoms with E-state index in [1.54, 1.807) is 0 Å². The van der Waals surface area contributed by atoms with Crippen LogP contribution >= 0.6 is 0 Å². The molecule has 0 unspecified atom stereocenters. The summed E-state index contributed by atoms with van der Waals surface area (Å²) in [4.78, 5) is 0. The van der Waals surface area contributed by atoms with Crippen LogP contribution in [0.15, 0.2) is 0 Å². The summed E-state index contributed by atoms with van der Waals surface area (Å²) in [5, 5.41) is 0. The number of rotatable bonds is 6. The van der Waals surface area contributed by atoms with Gasteiger partial charge in [-0.25, -0.2) is 0 Å². The third-order valence-electron chi connectivity index (χ3n) is 2.15. The lowest BCUT2D eigenvalue weighted by Crippen LogP contribution is -2.36. The van der Waals surface area contributed by atoms with E-state index in [1.165, 1.54) is 13.8 Å². The summed E-state index contributed by atoms with van der Waals surface area (Å²) in [5.41, 5.74) is 0. The number of ether oxygens (including phenoxy) is 1. The highest BCUT2D eigenvalue weighted by molar-refractivity contribution is 4.71. The van der Waals surface area contributed by atoms with Crippen molar-refractivity contribution in [2.24, 2.45) is 11.8 Å². The van der Waals surface area contributed by atoms with Crippen molar-refractivity contribution in [2.45, 2.75) is 52.8 Å². The van der Waals surface area contributed by atoms with Gasteiger partial charge < -0.3 is 4.74 Å². The maximum absolute atomic E-state index is 12.4. The second kappa shape index (κ2) is 6.36. The van der Waals surface area contributed by atoms with Gasteiger partial charge in [-0.1, -0.05) is 27.7 Å². The first-order valence-corrected chi connectivity index (χ1v) is 5.43. The molecule has 0 aliphatic heterocycles. The molecule has 0 radical (unpaired) electrons. The quantitative estimate of drug-likeness (QED) is 0.621. The molecule has 0 heterocycles. The number of hydrogen-bond acceptors (Lipinski definition) is 1. The van der Waals surface area contributed by atoms with Crippen molar-refractivity contribution < 1.29 is 17.9 Å². The molecule has 0 rings (SSSR count). The molecule has 0 saturated heterocycles. The molecule has 1 nitrogen and oxygen atoms in total. The van der Waals surface area contributed by atoms with E-state index in [0.29, 0.717) is 12.3 Å². The van der Waals surface area contributed by atoms with Gasteiger partial charge >= 0.3 is 6.18 Å². The molecule has 15 heavy (non-hydrogen) atoms. The summed E-state index contributed by atoms with van der Waals surface area (Å²) >= 11 is 0. The van der Waals surface area contributed by atoms with Crippen molar-refractivity contribution in [1.29, 1.82) is 0 Å². The minimum atomic E-state index is -4.24. The highest BCUT2D eigenvalue weighted by Crippen LogP contribution is 2.28. The molecule has 92 valence electrons. The van der Waals surface area contributed by atoms with E-state index >= 15 is 0 Å². The summed E-state index contributed by atoms with van der Waals surface area (Å²) in [6.45, 7) is 7.34. The Hall–Kier alpha value is -0.250. The van der Waals surface area contributed by atoms with Gasteiger partial charge in [0.1, 0.15) is 0 Å². The van der Waals surface area contributed by atoms with E-state index in [-0.39, 0.29) is 6.61 Å². The minimum absolute atomic E-state index is 0.195. The minimum Gasteiger partial charge on any atom is -0.369 e. The fourth-order valence-electron chi connectivity index (χ4n) is 1.37. The van der Waals surface area contributed by atoms with E-state index in [0.717, 1.165) is 6.42 Å². The monoisotopic (exact) mass is 226 g/mol. The Labute approximate surface area is 90.0 Å². The highest BCUT2D eigenvalue weighted by Gasteiger charge is 2.42. The Kier molecular flexibility index (Phi) is 6.25. The number of halogens is 3. The topological polar surface area (TPSA) is 9.23 Å². The second-order valence-corrected chi connectivity index (χ2v) is 4.61. The van der Waals surface area contributed by atoms with E-state index in [9.17, 15) is 13.2 Å². The van der Waals surface area contributed by atoms with Crippen LogP contribution in [0.4, 0.5) is 13.2 Å². The Morgan fingerprint density at radius 2 is 1.60 bits per heavy atom. The normalized spacial score (nSPS) is 15.0. The fourth-order valence-corrected chi connectivity index (χ4v) is 1.37. The molecule has 0 aliphatic rings. The predicted octanol–water partition coefficient (Wildman–Crippen LogP) is 4.03. The van der Waals surface area contributed by atoms with E-state index in [1.807, 2.05) is 13.8 Å². The van der Waals surface area contributed by atoms with Gasteiger partial charge in [0.05, 0.1) is 0 Å². The van der Waals surface area contributed by atoms with Crippen molar-refractivity contribution in [1.82, 2.24) is 0 Å². The maximum Gasteiger partial charge on any atom is 0.414 e. The Balaban J connectivity index is 3.89. The molecule has 0 aromatic rings. The summed E-state index contributed by atoms with van der Waals surface area (Å²) in [7, 11) is 0. The zero-order valence-electron chi connectivity index (χ0n) is 9.90. The van der Waals surface area contributed by atoms with Crippen molar-refractivity contribution in [3.63, 3.8) is 0 Å². The van der Waals surface area contributed by atoms with Crippen LogP contribution in [0.2, 0.25) is 0 Å². The smallest absolute Gasteiger partial charge is 0.369 e. The first-order valence-electron chi connectivity index (χ1n) is 5.43. The average molecular weight is 226 g/mol. The van der Waals surface area contributed by atoms with Crippen LogP contribution in [0.25, 0.3) is 0 Å². The zero-order chi connectivity index (χ0) is 12.1. The van der Waals surface area contributed by atoms with E-state index in [4.69, 9.17) is 4.74 Å². The first kappa shape index (κ1) is 14.8. The maximum atomic E-state index is 12.4. The summed E-state index contributed by atoms with van der Waals surface area (Å²) in [5.74, 6) is -0.0129. The van der Waals surface area contributed by atoms with Crippen molar-refractivity contribution in [2.75, 3.05) is 6.61 Å². The lowest BCUT2D eigenvalue weighted by Gasteiger charge is -2.24. The van der Waals surface area contributed by atoms with Gasteiger partial charge in [0.2, 0.25) is 0 Å². The molecule has 0 saturated carbocycles. The van der Waals surface area contributed by atoms with Crippen LogP contribution in [0.3, 0.4) is 0 Å². The largest absolute Gasteiger partial charge is 0.414 e. The van der Waals surface area contributed by atoms with Crippen molar-refractivity contribution in [3.8, 4) is 0 Å². The predicted molar refractivity (Wildman–Crippen MR) is 54.7 cm³/mol. The average Bonchev–Trinajstić information content (AvgIpc) is 1.99. The van der Waals surface area contributed by atoms with Crippen LogP contribution in [-0.2, 0) is 4.74 Å². The van der Waals surface area contributed by atoms with Gasteiger partial charge in [-0.2, -0.15) is 13.2 Å². The molecule has 0 aromatic heterocycles. The summed E-state index contributed by atoms with van der Waals surface area (Å²) in [6, 6.07) is 0. The van der Waals surface area contributed by atoms with Crippen LogP contribution < -0.4 is 0 Å².